The van der Waals surface area contributed by atoms with Crippen LogP contribution in [-0.2, 0) is 11.0 Å². The number of hydrogen-bond donors (Lipinski definition) is 0. The van der Waals surface area contributed by atoms with E-state index in [1.165, 1.54) is 6.07 Å². The summed E-state index contributed by atoms with van der Waals surface area (Å²) in [6.45, 7) is 3.65. The van der Waals surface area contributed by atoms with Crippen molar-refractivity contribution < 1.29 is 27.4 Å². The van der Waals surface area contributed by atoms with E-state index < -0.39 is 17.8 Å². The molecule has 8 heteroatoms. The van der Waals surface area contributed by atoms with Crippen molar-refractivity contribution >= 4 is 11.6 Å². The van der Waals surface area contributed by atoms with Crippen LogP contribution >= 0.6 is 0 Å². The average molecular weight is 422 g/mol. The van der Waals surface area contributed by atoms with Crippen molar-refractivity contribution in [2.75, 3.05) is 38.2 Å². The van der Waals surface area contributed by atoms with Gasteiger partial charge in [0.1, 0.15) is 11.5 Å². The Balaban J connectivity index is 1.61. The van der Waals surface area contributed by atoms with Gasteiger partial charge in [-0.15, -0.1) is 0 Å². The Morgan fingerprint density at radius 2 is 1.70 bits per heavy atom. The molecule has 1 aliphatic heterocycles. The van der Waals surface area contributed by atoms with Crippen LogP contribution in [0.4, 0.5) is 18.9 Å². The van der Waals surface area contributed by atoms with E-state index in [0.29, 0.717) is 49.8 Å². The van der Waals surface area contributed by atoms with Crippen LogP contribution in [0.15, 0.2) is 48.5 Å². The number of halogens is 3. The summed E-state index contributed by atoms with van der Waals surface area (Å²) in [6.07, 6.45) is -4.50. The lowest BCUT2D eigenvalue weighted by molar-refractivity contribution is -0.139. The van der Waals surface area contributed by atoms with Crippen molar-refractivity contribution in [3.05, 3.63) is 54.1 Å². The second-order valence-corrected chi connectivity index (χ2v) is 7.05. The van der Waals surface area contributed by atoms with Crippen LogP contribution in [0.5, 0.6) is 11.5 Å². The highest BCUT2D eigenvalue weighted by molar-refractivity contribution is 5.81. The van der Waals surface area contributed by atoms with Gasteiger partial charge in [0.2, 0.25) is 0 Å². The topological polar surface area (TPSA) is 42.0 Å². The summed E-state index contributed by atoms with van der Waals surface area (Å²) in [7, 11) is 1.56. The molecule has 2 aromatic rings. The highest BCUT2D eigenvalue weighted by Crippen LogP contribution is 2.32. The molecule has 1 amide bonds. The summed E-state index contributed by atoms with van der Waals surface area (Å²) in [5, 5.41) is 0. The number of benzene rings is 2. The molecule has 3 rings (SSSR count). The first kappa shape index (κ1) is 21.8. The maximum Gasteiger partial charge on any atom is 0.416 e. The summed E-state index contributed by atoms with van der Waals surface area (Å²) in [5.74, 6) is 1.07. The van der Waals surface area contributed by atoms with E-state index in [-0.39, 0.29) is 5.91 Å². The lowest BCUT2D eigenvalue weighted by Crippen LogP contribution is -2.52. The molecule has 0 radical (unpaired) electrons. The summed E-state index contributed by atoms with van der Waals surface area (Å²) in [6, 6.07) is 12.4. The van der Waals surface area contributed by atoms with Crippen molar-refractivity contribution in [1.82, 2.24) is 4.90 Å². The van der Waals surface area contributed by atoms with E-state index in [0.717, 1.165) is 12.1 Å². The quantitative estimate of drug-likeness (QED) is 0.699. The van der Waals surface area contributed by atoms with Crippen LogP contribution in [0.25, 0.3) is 0 Å². The summed E-state index contributed by atoms with van der Waals surface area (Å²) < 4.78 is 49.9. The summed E-state index contributed by atoms with van der Waals surface area (Å²) >= 11 is 0. The third-order valence-corrected chi connectivity index (χ3v) is 5.10. The number of ether oxygens (including phenoxy) is 2. The first-order valence-electron chi connectivity index (χ1n) is 9.83. The second kappa shape index (κ2) is 9.28. The molecule has 0 spiro atoms. The fourth-order valence-corrected chi connectivity index (χ4v) is 3.41. The second-order valence-electron chi connectivity index (χ2n) is 7.05. The van der Waals surface area contributed by atoms with Crippen LogP contribution in [0.2, 0.25) is 0 Å². The van der Waals surface area contributed by atoms with Gasteiger partial charge in [-0.1, -0.05) is 19.1 Å². The van der Waals surface area contributed by atoms with Crippen molar-refractivity contribution in [2.45, 2.75) is 25.6 Å². The van der Waals surface area contributed by atoms with Crippen LogP contribution in [0, 0.1) is 0 Å². The van der Waals surface area contributed by atoms with Crippen LogP contribution in [0.3, 0.4) is 0 Å². The molecule has 0 aromatic heterocycles. The van der Waals surface area contributed by atoms with Gasteiger partial charge in [0.05, 0.1) is 12.7 Å². The predicted octanol–water partition coefficient (Wildman–Crippen LogP) is 4.22. The first-order chi connectivity index (χ1) is 14.3. The number of carbonyl (C=O) groups is 1. The molecular weight excluding hydrogens is 397 g/mol. The van der Waals surface area contributed by atoms with Crippen LogP contribution < -0.4 is 14.4 Å². The first-order valence-corrected chi connectivity index (χ1v) is 9.83. The molecule has 0 unspecified atom stereocenters. The zero-order valence-electron chi connectivity index (χ0n) is 17.0. The van der Waals surface area contributed by atoms with Gasteiger partial charge in [-0.2, -0.15) is 13.2 Å². The number of piperazine rings is 1. The Morgan fingerprint density at radius 1 is 1.03 bits per heavy atom. The molecule has 162 valence electrons. The smallest absolute Gasteiger partial charge is 0.416 e. The molecular formula is C22H25F3N2O3. The Kier molecular flexibility index (Phi) is 6.74. The molecule has 1 saturated heterocycles. The lowest BCUT2D eigenvalue weighted by Gasteiger charge is -2.37. The Labute approximate surface area is 174 Å². The molecule has 0 N–H and O–H groups in total. The zero-order valence-corrected chi connectivity index (χ0v) is 17.0. The number of anilines is 1. The van der Waals surface area contributed by atoms with Gasteiger partial charge in [0, 0.05) is 37.9 Å². The maximum atomic E-state index is 13.0. The van der Waals surface area contributed by atoms with E-state index in [2.05, 4.69) is 0 Å². The SMILES string of the molecule is CC[C@@H](Oc1cccc(OC)c1)C(=O)N1CCN(c2cccc(C(F)(F)F)c2)CC1. The molecule has 1 heterocycles. The number of hydrogen-bond acceptors (Lipinski definition) is 4. The number of rotatable bonds is 6. The molecule has 0 saturated carbocycles. The molecule has 1 atom stereocenters. The molecule has 0 aliphatic carbocycles. The summed E-state index contributed by atoms with van der Waals surface area (Å²) in [4.78, 5) is 16.5. The van der Waals surface area contributed by atoms with Crippen molar-refractivity contribution in [3.8, 4) is 11.5 Å². The summed E-state index contributed by atoms with van der Waals surface area (Å²) in [5.41, 5.74) is -0.159. The highest BCUT2D eigenvalue weighted by atomic mass is 19.4. The molecule has 0 bridgehead atoms. The van der Waals surface area contributed by atoms with Gasteiger partial charge < -0.3 is 19.3 Å². The van der Waals surface area contributed by atoms with Gasteiger partial charge in [0.15, 0.2) is 6.10 Å². The molecule has 2 aromatic carbocycles. The van der Waals surface area contributed by atoms with E-state index in [4.69, 9.17) is 9.47 Å². The minimum atomic E-state index is -4.38. The fraction of sp³-hybridized carbons (Fsp3) is 0.409. The number of amides is 1. The Hall–Kier alpha value is -2.90. The minimum Gasteiger partial charge on any atom is -0.497 e. The van der Waals surface area contributed by atoms with Gasteiger partial charge in [-0.25, -0.2) is 0 Å². The van der Waals surface area contributed by atoms with Crippen molar-refractivity contribution in [2.24, 2.45) is 0 Å². The fourth-order valence-electron chi connectivity index (χ4n) is 3.41. The number of alkyl halides is 3. The molecule has 5 nitrogen and oxygen atoms in total. The van der Waals surface area contributed by atoms with E-state index >= 15 is 0 Å². The van der Waals surface area contributed by atoms with Gasteiger partial charge in [0.25, 0.3) is 5.91 Å². The van der Waals surface area contributed by atoms with E-state index in [9.17, 15) is 18.0 Å². The van der Waals surface area contributed by atoms with Gasteiger partial charge in [-0.05, 0) is 36.8 Å². The van der Waals surface area contributed by atoms with Crippen molar-refractivity contribution in [3.63, 3.8) is 0 Å². The average Bonchev–Trinajstić information content (AvgIpc) is 2.77. The Bertz CT molecular complexity index is 865. The normalized spacial score (nSPS) is 15.6. The largest absolute Gasteiger partial charge is 0.497 e. The van der Waals surface area contributed by atoms with E-state index in [1.54, 1.807) is 42.3 Å². The molecule has 1 fully saturated rings. The number of carbonyl (C=O) groups excluding carboxylic acids is 1. The minimum absolute atomic E-state index is 0.121. The van der Waals surface area contributed by atoms with Crippen LogP contribution in [0.1, 0.15) is 18.9 Å². The lowest BCUT2D eigenvalue weighted by atomic mass is 10.1. The standard InChI is InChI=1S/C22H25F3N2O3/c1-3-20(30-19-9-5-8-18(15-19)29-2)21(28)27-12-10-26(11-13-27)17-7-4-6-16(14-17)22(23,24)25/h4-9,14-15,20H,3,10-13H2,1-2H3/t20-/m1/s1. The molecule has 30 heavy (non-hydrogen) atoms. The maximum absolute atomic E-state index is 13.0. The predicted molar refractivity (Wildman–Crippen MR) is 108 cm³/mol. The van der Waals surface area contributed by atoms with Crippen molar-refractivity contribution in [1.29, 1.82) is 0 Å². The van der Waals surface area contributed by atoms with E-state index in [1.807, 2.05) is 11.8 Å². The third kappa shape index (κ3) is 5.17. The zero-order chi connectivity index (χ0) is 21.7. The number of nitrogens with zero attached hydrogens (tertiary/aromatic N) is 2. The van der Waals surface area contributed by atoms with Gasteiger partial charge in [-0.3, -0.25) is 4.79 Å². The Morgan fingerprint density at radius 3 is 2.33 bits per heavy atom. The van der Waals surface area contributed by atoms with Gasteiger partial charge >= 0.3 is 6.18 Å². The number of methoxy groups -OCH3 is 1. The third-order valence-electron chi connectivity index (χ3n) is 5.10. The highest BCUT2D eigenvalue weighted by Gasteiger charge is 2.32. The van der Waals surface area contributed by atoms with Crippen LogP contribution in [-0.4, -0.2) is 50.2 Å². The molecule has 1 aliphatic rings. The monoisotopic (exact) mass is 422 g/mol.